The van der Waals surface area contributed by atoms with Crippen LogP contribution in [0.3, 0.4) is 0 Å². The largest absolute Gasteiger partial charge is 0.381 e. The summed E-state index contributed by atoms with van der Waals surface area (Å²) in [5.41, 5.74) is 0. The summed E-state index contributed by atoms with van der Waals surface area (Å²) in [7, 11) is 0. The van der Waals surface area contributed by atoms with Crippen LogP contribution < -0.4 is 0 Å². The second-order valence-electron chi connectivity index (χ2n) is 3.36. The molecule has 1 aromatic rings. The van der Waals surface area contributed by atoms with Crippen LogP contribution in [-0.2, 0) is 11.2 Å². The Labute approximate surface area is 92.4 Å². The molecule has 0 bridgehead atoms. The van der Waals surface area contributed by atoms with Gasteiger partial charge in [-0.1, -0.05) is 23.2 Å². The molecule has 14 heavy (non-hydrogen) atoms. The van der Waals surface area contributed by atoms with Gasteiger partial charge in [0, 0.05) is 25.7 Å². The number of rotatable bonds is 2. The SMILES string of the molecule is Clc1cc(Cl)nc(CC2CCOC2)n1. The van der Waals surface area contributed by atoms with Gasteiger partial charge in [0.1, 0.15) is 16.1 Å². The Bertz CT molecular complexity index is 306. The van der Waals surface area contributed by atoms with Crippen molar-refractivity contribution < 1.29 is 4.74 Å². The molecule has 0 N–H and O–H groups in total. The van der Waals surface area contributed by atoms with Gasteiger partial charge in [-0.15, -0.1) is 0 Å². The summed E-state index contributed by atoms with van der Waals surface area (Å²) < 4.78 is 5.27. The van der Waals surface area contributed by atoms with Crippen molar-refractivity contribution in [2.75, 3.05) is 13.2 Å². The highest BCUT2D eigenvalue weighted by atomic mass is 35.5. The first-order chi connectivity index (χ1) is 6.74. The third-order valence-electron chi connectivity index (χ3n) is 2.21. The first-order valence-corrected chi connectivity index (χ1v) is 5.26. The molecule has 5 heteroatoms. The van der Waals surface area contributed by atoms with Crippen molar-refractivity contribution in [1.82, 2.24) is 9.97 Å². The molecule has 0 saturated carbocycles. The van der Waals surface area contributed by atoms with E-state index in [1.807, 2.05) is 0 Å². The standard InChI is InChI=1S/C9H10Cl2N2O/c10-7-4-8(11)13-9(12-7)3-6-1-2-14-5-6/h4,6H,1-3,5H2. The van der Waals surface area contributed by atoms with Crippen LogP contribution in [0.25, 0.3) is 0 Å². The van der Waals surface area contributed by atoms with Gasteiger partial charge in [-0.3, -0.25) is 0 Å². The molecule has 76 valence electrons. The van der Waals surface area contributed by atoms with Crippen LogP contribution in [0.15, 0.2) is 6.07 Å². The fourth-order valence-electron chi connectivity index (χ4n) is 1.53. The molecular formula is C9H10Cl2N2O. The lowest BCUT2D eigenvalue weighted by molar-refractivity contribution is 0.185. The normalized spacial score (nSPS) is 21.4. The molecule has 1 aliphatic rings. The van der Waals surface area contributed by atoms with E-state index in [-0.39, 0.29) is 0 Å². The lowest BCUT2D eigenvalue weighted by Crippen LogP contribution is -2.07. The molecule has 2 rings (SSSR count). The Morgan fingerprint density at radius 3 is 2.64 bits per heavy atom. The lowest BCUT2D eigenvalue weighted by Gasteiger charge is -2.05. The van der Waals surface area contributed by atoms with Gasteiger partial charge in [-0.2, -0.15) is 0 Å². The van der Waals surface area contributed by atoms with Gasteiger partial charge in [-0.25, -0.2) is 9.97 Å². The molecule has 1 unspecified atom stereocenters. The van der Waals surface area contributed by atoms with Crippen LogP contribution in [0.5, 0.6) is 0 Å². The van der Waals surface area contributed by atoms with E-state index in [1.165, 1.54) is 6.07 Å². The maximum absolute atomic E-state index is 5.77. The van der Waals surface area contributed by atoms with Gasteiger partial charge in [0.05, 0.1) is 0 Å². The van der Waals surface area contributed by atoms with Crippen molar-refractivity contribution in [1.29, 1.82) is 0 Å². The van der Waals surface area contributed by atoms with Gasteiger partial charge < -0.3 is 4.74 Å². The molecule has 0 spiro atoms. The highest BCUT2D eigenvalue weighted by Gasteiger charge is 2.17. The monoisotopic (exact) mass is 232 g/mol. The van der Waals surface area contributed by atoms with Crippen LogP contribution in [0, 0.1) is 5.92 Å². The Kier molecular flexibility index (Phi) is 3.21. The molecule has 1 aliphatic heterocycles. The van der Waals surface area contributed by atoms with Crippen molar-refractivity contribution in [2.24, 2.45) is 5.92 Å². The van der Waals surface area contributed by atoms with Crippen LogP contribution in [0.1, 0.15) is 12.2 Å². The molecule has 1 fully saturated rings. The molecule has 3 nitrogen and oxygen atoms in total. The maximum Gasteiger partial charge on any atom is 0.134 e. The van der Waals surface area contributed by atoms with Gasteiger partial charge in [0.25, 0.3) is 0 Å². The molecule has 2 heterocycles. The highest BCUT2D eigenvalue weighted by Crippen LogP contribution is 2.18. The molecule has 0 amide bonds. The van der Waals surface area contributed by atoms with Crippen LogP contribution in [-0.4, -0.2) is 23.2 Å². The van der Waals surface area contributed by atoms with Gasteiger partial charge in [-0.05, 0) is 12.3 Å². The van der Waals surface area contributed by atoms with Gasteiger partial charge >= 0.3 is 0 Å². The van der Waals surface area contributed by atoms with Gasteiger partial charge in [0.15, 0.2) is 0 Å². The average molecular weight is 233 g/mol. The molecule has 0 radical (unpaired) electrons. The number of halogens is 2. The van der Waals surface area contributed by atoms with E-state index in [1.54, 1.807) is 0 Å². The minimum atomic E-state index is 0.402. The van der Waals surface area contributed by atoms with E-state index >= 15 is 0 Å². The topological polar surface area (TPSA) is 35.0 Å². The summed E-state index contributed by atoms with van der Waals surface area (Å²) in [6.45, 7) is 1.62. The quantitative estimate of drug-likeness (QED) is 0.735. The Morgan fingerprint density at radius 1 is 1.36 bits per heavy atom. The Hall–Kier alpha value is -0.380. The number of hydrogen-bond donors (Lipinski definition) is 0. The van der Waals surface area contributed by atoms with Crippen LogP contribution >= 0.6 is 23.2 Å². The van der Waals surface area contributed by atoms with E-state index < -0.39 is 0 Å². The number of aromatic nitrogens is 2. The van der Waals surface area contributed by atoms with E-state index in [9.17, 15) is 0 Å². The summed E-state index contributed by atoms with van der Waals surface area (Å²) in [4.78, 5) is 8.22. The third kappa shape index (κ3) is 2.56. The van der Waals surface area contributed by atoms with Crippen LogP contribution in [0.4, 0.5) is 0 Å². The number of hydrogen-bond acceptors (Lipinski definition) is 3. The zero-order valence-electron chi connectivity index (χ0n) is 7.54. The van der Waals surface area contributed by atoms with E-state index in [4.69, 9.17) is 27.9 Å². The third-order valence-corrected chi connectivity index (χ3v) is 2.59. The van der Waals surface area contributed by atoms with E-state index in [0.717, 1.165) is 26.1 Å². The average Bonchev–Trinajstić information content (AvgIpc) is 2.54. The predicted molar refractivity (Wildman–Crippen MR) is 54.7 cm³/mol. The Balaban J connectivity index is 2.07. The molecule has 0 aromatic carbocycles. The zero-order chi connectivity index (χ0) is 9.97. The number of ether oxygens (including phenoxy) is 1. The summed E-state index contributed by atoms with van der Waals surface area (Å²) in [6.07, 6.45) is 1.85. The maximum atomic E-state index is 5.77. The predicted octanol–water partition coefficient (Wildman–Crippen LogP) is 2.36. The lowest BCUT2D eigenvalue weighted by atomic mass is 10.1. The van der Waals surface area contributed by atoms with E-state index in [2.05, 4.69) is 9.97 Å². The molecule has 0 aliphatic carbocycles. The second-order valence-corrected chi connectivity index (χ2v) is 4.14. The second kappa shape index (κ2) is 4.43. The molecule has 1 saturated heterocycles. The van der Waals surface area contributed by atoms with Crippen molar-refractivity contribution in [3.8, 4) is 0 Å². The van der Waals surface area contributed by atoms with Crippen molar-refractivity contribution >= 4 is 23.2 Å². The smallest absolute Gasteiger partial charge is 0.134 e. The fourth-order valence-corrected chi connectivity index (χ4v) is 1.99. The summed E-state index contributed by atoms with van der Waals surface area (Å²) >= 11 is 11.5. The van der Waals surface area contributed by atoms with Crippen molar-refractivity contribution in [2.45, 2.75) is 12.8 Å². The minimum absolute atomic E-state index is 0.402. The minimum Gasteiger partial charge on any atom is -0.381 e. The fraction of sp³-hybridized carbons (Fsp3) is 0.556. The summed E-state index contributed by atoms with van der Waals surface area (Å²) in [5.74, 6) is 1.21. The van der Waals surface area contributed by atoms with Crippen LogP contribution in [0.2, 0.25) is 10.3 Å². The first kappa shape index (κ1) is 10.1. The van der Waals surface area contributed by atoms with E-state index in [0.29, 0.717) is 22.0 Å². The summed E-state index contributed by atoms with van der Waals surface area (Å²) in [5, 5.41) is 0.804. The molecule has 1 atom stereocenters. The highest BCUT2D eigenvalue weighted by molar-refractivity contribution is 6.33. The Morgan fingerprint density at radius 2 is 2.07 bits per heavy atom. The zero-order valence-corrected chi connectivity index (χ0v) is 9.05. The first-order valence-electron chi connectivity index (χ1n) is 4.51. The summed E-state index contributed by atoms with van der Waals surface area (Å²) in [6, 6.07) is 1.54. The molecule has 1 aromatic heterocycles. The number of nitrogens with zero attached hydrogens (tertiary/aromatic N) is 2. The van der Waals surface area contributed by atoms with Gasteiger partial charge in [0.2, 0.25) is 0 Å². The van der Waals surface area contributed by atoms with Crippen molar-refractivity contribution in [3.63, 3.8) is 0 Å². The molecular weight excluding hydrogens is 223 g/mol. The van der Waals surface area contributed by atoms with Crippen molar-refractivity contribution in [3.05, 3.63) is 22.2 Å².